The van der Waals surface area contributed by atoms with Crippen molar-refractivity contribution in [2.24, 2.45) is 0 Å². The minimum Gasteiger partial charge on any atom is -0.173 e. The monoisotopic (exact) mass is 167 g/mol. The molecule has 0 aliphatic carbocycles. The SMILES string of the molecule is C[P+]12OCP(CO1)CO2. The van der Waals surface area contributed by atoms with Gasteiger partial charge in [0.25, 0.3) is 0 Å². The number of rotatable bonds is 0. The Hall–Kier alpha value is 0.740. The van der Waals surface area contributed by atoms with Crippen molar-refractivity contribution in [3.05, 3.63) is 0 Å². The van der Waals surface area contributed by atoms with Gasteiger partial charge in [-0.2, -0.15) is 13.6 Å². The summed E-state index contributed by atoms with van der Waals surface area (Å²) in [5.74, 6) is 0. The Kier molecular flexibility index (Phi) is 1.51. The van der Waals surface area contributed by atoms with Gasteiger partial charge in [0, 0.05) is 0 Å². The van der Waals surface area contributed by atoms with E-state index in [0.29, 0.717) is 0 Å². The molecular formula is C4H9O3P2+. The van der Waals surface area contributed by atoms with E-state index in [-0.39, 0.29) is 7.92 Å². The van der Waals surface area contributed by atoms with Gasteiger partial charge in [0.05, 0.1) is 0 Å². The van der Waals surface area contributed by atoms with Crippen molar-refractivity contribution in [3.8, 4) is 0 Å². The molecule has 0 spiro atoms. The Morgan fingerprint density at radius 1 is 1.11 bits per heavy atom. The third-order valence-corrected chi connectivity index (χ3v) is 5.31. The quantitative estimate of drug-likeness (QED) is 0.515. The summed E-state index contributed by atoms with van der Waals surface area (Å²) in [6.45, 7) is 1.93. The Balaban J connectivity index is 2.11. The lowest BCUT2D eigenvalue weighted by Gasteiger charge is -2.33. The van der Waals surface area contributed by atoms with Crippen LogP contribution in [0.1, 0.15) is 0 Å². The minimum absolute atomic E-state index is 0.0743. The van der Waals surface area contributed by atoms with Gasteiger partial charge in [0.2, 0.25) is 0 Å². The predicted octanol–water partition coefficient (Wildman–Crippen LogP) is 1.81. The molecule has 0 unspecified atom stereocenters. The molecule has 9 heavy (non-hydrogen) atoms. The smallest absolute Gasteiger partial charge is 0.173 e. The zero-order chi connectivity index (χ0) is 6.32. The first-order valence-corrected chi connectivity index (χ1v) is 6.70. The highest BCUT2D eigenvalue weighted by Gasteiger charge is 2.50. The van der Waals surface area contributed by atoms with Gasteiger partial charge >= 0.3 is 7.94 Å². The summed E-state index contributed by atoms with van der Waals surface area (Å²) in [6, 6.07) is 0. The molecular weight excluding hydrogens is 158 g/mol. The lowest BCUT2D eigenvalue weighted by Crippen LogP contribution is -2.21. The summed E-state index contributed by atoms with van der Waals surface area (Å²) in [4.78, 5) is 0. The topological polar surface area (TPSA) is 27.7 Å². The maximum atomic E-state index is 5.36. The van der Waals surface area contributed by atoms with Crippen LogP contribution in [-0.2, 0) is 13.6 Å². The molecule has 52 valence electrons. The summed E-state index contributed by atoms with van der Waals surface area (Å²) in [5, 5.41) is 0. The lowest BCUT2D eigenvalue weighted by atomic mass is 11.6. The third-order valence-electron chi connectivity index (χ3n) is 1.42. The second-order valence-corrected chi connectivity index (χ2v) is 6.65. The van der Waals surface area contributed by atoms with E-state index in [4.69, 9.17) is 13.6 Å². The number of hydrogen-bond donors (Lipinski definition) is 0. The lowest BCUT2D eigenvalue weighted by molar-refractivity contribution is 0.153. The van der Waals surface area contributed by atoms with Gasteiger partial charge in [-0.15, -0.1) is 0 Å². The van der Waals surface area contributed by atoms with E-state index < -0.39 is 7.94 Å². The first kappa shape index (κ1) is 6.45. The van der Waals surface area contributed by atoms with Crippen LogP contribution in [0, 0.1) is 0 Å². The second kappa shape index (κ2) is 2.11. The van der Waals surface area contributed by atoms with Crippen LogP contribution in [0.4, 0.5) is 0 Å². The minimum atomic E-state index is -1.76. The molecule has 2 bridgehead atoms. The fourth-order valence-corrected chi connectivity index (χ4v) is 5.71. The van der Waals surface area contributed by atoms with Crippen molar-refractivity contribution < 1.29 is 13.6 Å². The second-order valence-electron chi connectivity index (χ2n) is 2.22. The van der Waals surface area contributed by atoms with Crippen molar-refractivity contribution >= 4 is 15.9 Å². The van der Waals surface area contributed by atoms with Gasteiger partial charge in [-0.05, 0) is 7.92 Å². The Morgan fingerprint density at radius 2 is 1.56 bits per heavy atom. The average Bonchev–Trinajstić information content (AvgIpc) is 1.90. The van der Waals surface area contributed by atoms with E-state index in [1.165, 1.54) is 0 Å². The van der Waals surface area contributed by atoms with Crippen LogP contribution in [0.25, 0.3) is 0 Å². The Labute approximate surface area is 56.0 Å². The standard InChI is InChI=1S/C4H9O3P2/c1-9-5-2-8(3-6-9)4-7-9/h2-4H2,1H3/q+1. The first-order chi connectivity index (χ1) is 4.29. The number of fused-ring (bicyclic) bond motifs is 3. The van der Waals surface area contributed by atoms with Crippen LogP contribution in [0.3, 0.4) is 0 Å². The highest BCUT2D eigenvalue weighted by molar-refractivity contribution is 7.67. The molecule has 0 aromatic carbocycles. The summed E-state index contributed by atoms with van der Waals surface area (Å²) >= 11 is 0. The normalized spacial score (nSPS) is 49.7. The zero-order valence-corrected chi connectivity index (χ0v) is 7.03. The van der Waals surface area contributed by atoms with Crippen molar-refractivity contribution in [2.45, 2.75) is 0 Å². The van der Waals surface area contributed by atoms with E-state index in [9.17, 15) is 0 Å². The fraction of sp³-hybridized carbons (Fsp3) is 1.00. The summed E-state index contributed by atoms with van der Waals surface area (Å²) in [5.41, 5.74) is 0. The maximum Gasteiger partial charge on any atom is 0.409 e. The molecule has 3 aliphatic rings. The molecule has 3 nitrogen and oxygen atoms in total. The molecule has 0 aromatic rings. The molecule has 0 saturated carbocycles. The Morgan fingerprint density at radius 3 is 1.78 bits per heavy atom. The molecule has 0 aromatic heterocycles. The summed E-state index contributed by atoms with van der Waals surface area (Å²) in [6.07, 6.45) is 2.71. The third kappa shape index (κ3) is 1.13. The van der Waals surface area contributed by atoms with Crippen LogP contribution >= 0.6 is 15.9 Å². The Bertz CT molecular complexity index is 107. The van der Waals surface area contributed by atoms with E-state index in [2.05, 4.69) is 0 Å². The van der Waals surface area contributed by atoms with Crippen molar-refractivity contribution in [2.75, 3.05) is 25.7 Å². The van der Waals surface area contributed by atoms with Gasteiger partial charge in [0.15, 0.2) is 0 Å². The molecule has 3 rings (SSSR count). The fourth-order valence-electron chi connectivity index (χ4n) is 0.783. The first-order valence-electron chi connectivity index (χ1n) is 2.81. The van der Waals surface area contributed by atoms with E-state index in [0.717, 1.165) is 19.0 Å². The van der Waals surface area contributed by atoms with Crippen LogP contribution < -0.4 is 0 Å². The van der Waals surface area contributed by atoms with Gasteiger partial charge in [-0.25, -0.2) is 0 Å². The molecule has 0 amide bonds. The van der Waals surface area contributed by atoms with Crippen LogP contribution in [0.15, 0.2) is 0 Å². The van der Waals surface area contributed by atoms with Gasteiger partial charge in [-0.3, -0.25) is 0 Å². The molecule has 3 saturated heterocycles. The average molecular weight is 167 g/mol. The van der Waals surface area contributed by atoms with Crippen molar-refractivity contribution in [3.63, 3.8) is 0 Å². The predicted molar refractivity (Wildman–Crippen MR) is 37.6 cm³/mol. The van der Waals surface area contributed by atoms with Gasteiger partial charge in [0.1, 0.15) is 25.7 Å². The highest BCUT2D eigenvalue weighted by atomic mass is 31.2. The number of hydrogen-bond acceptors (Lipinski definition) is 3. The van der Waals surface area contributed by atoms with Crippen molar-refractivity contribution in [1.29, 1.82) is 0 Å². The van der Waals surface area contributed by atoms with E-state index in [1.54, 1.807) is 0 Å². The highest BCUT2D eigenvalue weighted by Crippen LogP contribution is 2.71. The molecule has 3 fully saturated rings. The molecule has 0 N–H and O–H groups in total. The van der Waals surface area contributed by atoms with Crippen LogP contribution in [-0.4, -0.2) is 25.7 Å². The molecule has 5 heteroatoms. The van der Waals surface area contributed by atoms with Crippen LogP contribution in [0.2, 0.25) is 0 Å². The molecule has 0 radical (unpaired) electrons. The molecule has 3 aliphatic heterocycles. The van der Waals surface area contributed by atoms with E-state index >= 15 is 0 Å². The zero-order valence-electron chi connectivity index (χ0n) is 5.24. The van der Waals surface area contributed by atoms with Gasteiger partial charge < -0.3 is 0 Å². The molecule has 3 heterocycles. The van der Waals surface area contributed by atoms with Gasteiger partial charge in [-0.1, -0.05) is 0 Å². The van der Waals surface area contributed by atoms with E-state index in [1.807, 2.05) is 6.66 Å². The summed E-state index contributed by atoms with van der Waals surface area (Å²) < 4.78 is 16.1. The molecule has 0 atom stereocenters. The van der Waals surface area contributed by atoms with Crippen molar-refractivity contribution in [1.82, 2.24) is 0 Å². The largest absolute Gasteiger partial charge is 0.409 e. The van der Waals surface area contributed by atoms with Crippen LogP contribution in [0.5, 0.6) is 0 Å². The maximum absolute atomic E-state index is 5.36. The summed E-state index contributed by atoms with van der Waals surface area (Å²) in [7, 11) is -1.84.